The van der Waals surface area contributed by atoms with Gasteiger partial charge in [-0.25, -0.2) is 0 Å². The maximum atomic E-state index is 5.81. The number of nitrogens with one attached hydrogen (secondary N) is 1. The Hall–Kier alpha value is -0.0800. The minimum atomic E-state index is 0.631. The van der Waals surface area contributed by atoms with Gasteiger partial charge in [0.2, 0.25) is 0 Å². The first-order chi connectivity index (χ1) is 7.54. The van der Waals surface area contributed by atoms with Crippen LogP contribution in [0.2, 0.25) is 0 Å². The third-order valence-corrected chi connectivity index (χ3v) is 4.32. The Morgan fingerprint density at radius 2 is 1.94 bits per heavy atom. The summed E-state index contributed by atoms with van der Waals surface area (Å²) in [6.07, 6.45) is 4.11. The molecule has 96 valence electrons. The van der Waals surface area contributed by atoms with E-state index in [4.69, 9.17) is 5.73 Å². The lowest BCUT2D eigenvalue weighted by atomic mass is 9.79. The van der Waals surface area contributed by atoms with Crippen LogP contribution in [0, 0.1) is 23.7 Å². The van der Waals surface area contributed by atoms with Crippen molar-refractivity contribution in [3.8, 4) is 0 Å². The Morgan fingerprint density at radius 3 is 2.44 bits per heavy atom. The maximum absolute atomic E-state index is 5.81. The highest BCUT2D eigenvalue weighted by Crippen LogP contribution is 2.28. The minimum Gasteiger partial charge on any atom is -0.330 e. The van der Waals surface area contributed by atoms with Crippen molar-refractivity contribution in [1.82, 2.24) is 5.32 Å². The molecule has 0 amide bonds. The summed E-state index contributed by atoms with van der Waals surface area (Å²) in [6.45, 7) is 11.2. The zero-order valence-electron chi connectivity index (χ0n) is 11.5. The third kappa shape index (κ3) is 4.06. The summed E-state index contributed by atoms with van der Waals surface area (Å²) in [4.78, 5) is 0. The molecule has 2 nitrogen and oxygen atoms in total. The van der Waals surface area contributed by atoms with Gasteiger partial charge in [0.25, 0.3) is 0 Å². The van der Waals surface area contributed by atoms with Crippen LogP contribution in [-0.2, 0) is 0 Å². The van der Waals surface area contributed by atoms with Crippen LogP contribution in [0.15, 0.2) is 0 Å². The average Bonchev–Trinajstić information content (AvgIpc) is 2.21. The molecule has 0 aromatic carbocycles. The maximum Gasteiger partial charge on any atom is 0.00930 e. The molecule has 0 aromatic rings. The molecule has 2 heteroatoms. The van der Waals surface area contributed by atoms with Gasteiger partial charge in [-0.05, 0) is 56.0 Å². The Morgan fingerprint density at radius 1 is 1.25 bits per heavy atom. The van der Waals surface area contributed by atoms with Crippen molar-refractivity contribution >= 4 is 0 Å². The van der Waals surface area contributed by atoms with E-state index in [1.54, 1.807) is 0 Å². The molecule has 0 spiro atoms. The van der Waals surface area contributed by atoms with Crippen LogP contribution in [0.1, 0.15) is 47.0 Å². The summed E-state index contributed by atoms with van der Waals surface area (Å²) in [5, 5.41) is 3.74. The first kappa shape index (κ1) is 14.0. The molecular weight excluding hydrogens is 196 g/mol. The van der Waals surface area contributed by atoms with Gasteiger partial charge in [-0.15, -0.1) is 0 Å². The molecule has 0 aliphatic heterocycles. The molecule has 3 N–H and O–H groups in total. The highest BCUT2D eigenvalue weighted by Gasteiger charge is 2.25. The van der Waals surface area contributed by atoms with E-state index in [1.807, 2.05) is 0 Å². The SMILES string of the molecule is CC1CCC(NCC(CN)C(C)C)C(C)C1. The van der Waals surface area contributed by atoms with E-state index >= 15 is 0 Å². The van der Waals surface area contributed by atoms with Crippen LogP contribution in [-0.4, -0.2) is 19.1 Å². The standard InChI is InChI=1S/C14H30N2/c1-10(2)13(8-15)9-16-14-6-5-11(3)7-12(14)4/h10-14,16H,5-9,15H2,1-4H3. The second-order valence-corrected chi connectivity index (χ2v) is 6.15. The van der Waals surface area contributed by atoms with E-state index in [0.29, 0.717) is 11.8 Å². The van der Waals surface area contributed by atoms with Crippen LogP contribution in [0.4, 0.5) is 0 Å². The smallest absolute Gasteiger partial charge is 0.00930 e. The van der Waals surface area contributed by atoms with Crippen molar-refractivity contribution in [2.45, 2.75) is 53.0 Å². The van der Waals surface area contributed by atoms with Crippen molar-refractivity contribution in [2.75, 3.05) is 13.1 Å². The van der Waals surface area contributed by atoms with Crippen molar-refractivity contribution < 1.29 is 0 Å². The highest BCUT2D eigenvalue weighted by molar-refractivity contribution is 4.82. The topological polar surface area (TPSA) is 38.0 Å². The monoisotopic (exact) mass is 226 g/mol. The van der Waals surface area contributed by atoms with Crippen LogP contribution >= 0.6 is 0 Å². The number of rotatable bonds is 5. The molecule has 1 aliphatic carbocycles. The lowest BCUT2D eigenvalue weighted by Crippen LogP contribution is -2.43. The summed E-state index contributed by atoms with van der Waals surface area (Å²) in [5.74, 6) is 3.07. The van der Waals surface area contributed by atoms with E-state index in [0.717, 1.165) is 31.0 Å². The second kappa shape index (κ2) is 6.61. The normalized spacial score (nSPS) is 33.0. The second-order valence-electron chi connectivity index (χ2n) is 6.15. The number of hydrogen-bond donors (Lipinski definition) is 2. The fourth-order valence-corrected chi connectivity index (χ4v) is 2.86. The van der Waals surface area contributed by atoms with Gasteiger partial charge < -0.3 is 11.1 Å². The van der Waals surface area contributed by atoms with Gasteiger partial charge in [0.05, 0.1) is 0 Å². The molecule has 0 aromatic heterocycles. The molecule has 4 unspecified atom stereocenters. The van der Waals surface area contributed by atoms with Gasteiger partial charge in [0.15, 0.2) is 0 Å². The summed E-state index contributed by atoms with van der Waals surface area (Å²) >= 11 is 0. The molecule has 1 fully saturated rings. The summed E-state index contributed by atoms with van der Waals surface area (Å²) in [7, 11) is 0. The van der Waals surface area contributed by atoms with Gasteiger partial charge in [0, 0.05) is 6.04 Å². The molecule has 0 radical (unpaired) electrons. The van der Waals surface area contributed by atoms with Gasteiger partial charge in [-0.1, -0.05) is 27.7 Å². The highest BCUT2D eigenvalue weighted by atomic mass is 14.9. The van der Waals surface area contributed by atoms with Crippen molar-refractivity contribution in [2.24, 2.45) is 29.4 Å². The lowest BCUT2D eigenvalue weighted by molar-refractivity contribution is 0.214. The largest absolute Gasteiger partial charge is 0.330 e. The molecular formula is C14H30N2. The molecule has 1 aliphatic rings. The van der Waals surface area contributed by atoms with E-state index in [2.05, 4.69) is 33.0 Å². The Labute approximate surface area is 101 Å². The Balaban J connectivity index is 2.31. The molecule has 1 saturated carbocycles. The van der Waals surface area contributed by atoms with Crippen molar-refractivity contribution in [3.63, 3.8) is 0 Å². The predicted octanol–water partition coefficient (Wildman–Crippen LogP) is 2.63. The average molecular weight is 226 g/mol. The zero-order valence-corrected chi connectivity index (χ0v) is 11.5. The van der Waals surface area contributed by atoms with Gasteiger partial charge in [-0.3, -0.25) is 0 Å². The van der Waals surface area contributed by atoms with Gasteiger partial charge in [-0.2, -0.15) is 0 Å². The van der Waals surface area contributed by atoms with Gasteiger partial charge >= 0.3 is 0 Å². The first-order valence-corrected chi connectivity index (χ1v) is 6.98. The van der Waals surface area contributed by atoms with Crippen LogP contribution < -0.4 is 11.1 Å². The fourth-order valence-electron chi connectivity index (χ4n) is 2.86. The molecule has 0 bridgehead atoms. The number of hydrogen-bond acceptors (Lipinski definition) is 2. The Bertz CT molecular complexity index is 191. The first-order valence-electron chi connectivity index (χ1n) is 6.98. The van der Waals surface area contributed by atoms with E-state index in [-0.39, 0.29) is 0 Å². The van der Waals surface area contributed by atoms with Crippen LogP contribution in [0.3, 0.4) is 0 Å². The van der Waals surface area contributed by atoms with Crippen molar-refractivity contribution in [1.29, 1.82) is 0 Å². The minimum absolute atomic E-state index is 0.631. The van der Waals surface area contributed by atoms with Crippen LogP contribution in [0.25, 0.3) is 0 Å². The molecule has 1 rings (SSSR count). The van der Waals surface area contributed by atoms with Crippen LogP contribution in [0.5, 0.6) is 0 Å². The summed E-state index contributed by atoms with van der Waals surface area (Å²) in [5.41, 5.74) is 5.81. The zero-order chi connectivity index (χ0) is 12.1. The van der Waals surface area contributed by atoms with E-state index < -0.39 is 0 Å². The quantitative estimate of drug-likeness (QED) is 0.756. The Kier molecular flexibility index (Phi) is 5.77. The molecule has 16 heavy (non-hydrogen) atoms. The van der Waals surface area contributed by atoms with Crippen molar-refractivity contribution in [3.05, 3.63) is 0 Å². The summed E-state index contributed by atoms with van der Waals surface area (Å²) in [6, 6.07) is 0.726. The van der Waals surface area contributed by atoms with E-state index in [9.17, 15) is 0 Å². The van der Waals surface area contributed by atoms with E-state index in [1.165, 1.54) is 19.3 Å². The van der Waals surface area contributed by atoms with Gasteiger partial charge in [0.1, 0.15) is 0 Å². The molecule has 0 saturated heterocycles. The molecule has 0 heterocycles. The summed E-state index contributed by atoms with van der Waals surface area (Å²) < 4.78 is 0. The fraction of sp³-hybridized carbons (Fsp3) is 1.00. The third-order valence-electron chi connectivity index (χ3n) is 4.32. The predicted molar refractivity (Wildman–Crippen MR) is 71.4 cm³/mol. The molecule has 4 atom stereocenters. The number of nitrogens with two attached hydrogens (primary N) is 1. The lowest BCUT2D eigenvalue weighted by Gasteiger charge is -2.34.